The van der Waals surface area contributed by atoms with Crippen molar-refractivity contribution >= 4 is 47.4 Å². The molecule has 5 rings (SSSR count). The number of fused-ring (bicyclic) bond motifs is 3. The van der Waals surface area contributed by atoms with Crippen LogP contribution in [0.25, 0.3) is 0 Å². The average Bonchev–Trinajstić information content (AvgIpc) is 3.32. The van der Waals surface area contributed by atoms with Gasteiger partial charge < -0.3 is 30.3 Å². The van der Waals surface area contributed by atoms with E-state index in [2.05, 4.69) is 26.4 Å². The molecular weight excluding hydrogens is 559 g/mol. The van der Waals surface area contributed by atoms with Crippen LogP contribution in [0.3, 0.4) is 0 Å². The molecule has 42 heavy (non-hydrogen) atoms. The Labute approximate surface area is 249 Å². The van der Waals surface area contributed by atoms with Crippen LogP contribution in [-0.4, -0.2) is 73.3 Å². The van der Waals surface area contributed by atoms with E-state index in [9.17, 15) is 19.6 Å². The van der Waals surface area contributed by atoms with E-state index in [1.165, 1.54) is 12.1 Å². The van der Waals surface area contributed by atoms with Crippen molar-refractivity contribution in [2.75, 3.05) is 25.1 Å². The first kappa shape index (κ1) is 29.6. The predicted molar refractivity (Wildman–Crippen MR) is 162 cm³/mol. The number of amides is 2. The van der Waals surface area contributed by atoms with Gasteiger partial charge in [0.05, 0.1) is 31.4 Å². The lowest BCUT2D eigenvalue weighted by molar-refractivity contribution is -0.121. The standard InChI is InChI=1S/C29H32BClN6O5/c1-17-35-36-28-24(16-26(38)32-12-13-33-29(39)19-4-3-5-20(14-19)30(40)41)34-27(18-6-8-21(31)9-7-18)23-15-22(42-2)10-11-25(23)37(17)28/h3-11,14-15,17,24,28,35-36,40-41H,12-13,16H2,1-2H3,(H,32,38)(H,33,39). The lowest BCUT2D eigenvalue weighted by Gasteiger charge is -2.31. The summed E-state index contributed by atoms with van der Waals surface area (Å²) in [7, 11) is -0.0455. The van der Waals surface area contributed by atoms with E-state index in [1.807, 2.05) is 49.4 Å². The van der Waals surface area contributed by atoms with Crippen molar-refractivity contribution in [3.8, 4) is 5.75 Å². The smallest absolute Gasteiger partial charge is 0.488 e. The van der Waals surface area contributed by atoms with Crippen LogP contribution in [0.5, 0.6) is 5.75 Å². The number of hydrogen-bond acceptors (Lipinski definition) is 9. The van der Waals surface area contributed by atoms with Crippen molar-refractivity contribution in [1.82, 2.24) is 21.5 Å². The number of benzene rings is 3. The molecule has 2 amide bonds. The molecule has 0 aromatic heterocycles. The number of hydrazine groups is 1. The number of nitrogens with zero attached hydrogens (tertiary/aromatic N) is 2. The molecule has 0 radical (unpaired) electrons. The summed E-state index contributed by atoms with van der Waals surface area (Å²) in [6, 6.07) is 18.9. The van der Waals surface area contributed by atoms with E-state index < -0.39 is 13.2 Å². The Kier molecular flexibility index (Phi) is 9.10. The lowest BCUT2D eigenvalue weighted by Crippen LogP contribution is -2.48. The van der Waals surface area contributed by atoms with Crippen LogP contribution in [0.4, 0.5) is 5.69 Å². The Hall–Kier alpha value is -3.94. The van der Waals surface area contributed by atoms with Gasteiger partial charge in [0.25, 0.3) is 5.91 Å². The minimum atomic E-state index is -1.66. The van der Waals surface area contributed by atoms with Crippen LogP contribution in [-0.2, 0) is 4.79 Å². The second-order valence-electron chi connectivity index (χ2n) is 10.1. The number of halogens is 1. The molecule has 0 saturated carbocycles. The third-order valence-electron chi connectivity index (χ3n) is 7.25. The van der Waals surface area contributed by atoms with Gasteiger partial charge in [0, 0.05) is 40.5 Å². The molecule has 2 heterocycles. The summed E-state index contributed by atoms with van der Waals surface area (Å²) in [5, 5.41) is 24.9. The topological polar surface area (TPSA) is 148 Å². The van der Waals surface area contributed by atoms with Gasteiger partial charge >= 0.3 is 7.12 Å². The van der Waals surface area contributed by atoms with Crippen molar-refractivity contribution in [3.63, 3.8) is 0 Å². The maximum absolute atomic E-state index is 13.1. The number of rotatable bonds is 9. The van der Waals surface area contributed by atoms with Crippen molar-refractivity contribution in [1.29, 1.82) is 0 Å². The first-order valence-electron chi connectivity index (χ1n) is 13.6. The highest BCUT2D eigenvalue weighted by Crippen LogP contribution is 2.36. The quantitative estimate of drug-likeness (QED) is 0.158. The Bertz CT molecular complexity index is 1490. The molecule has 1 saturated heterocycles. The van der Waals surface area contributed by atoms with Crippen LogP contribution < -0.4 is 36.6 Å². The normalized spacial score (nSPS) is 19.2. The minimum absolute atomic E-state index is 0.0758. The van der Waals surface area contributed by atoms with Gasteiger partial charge in [-0.3, -0.25) is 14.6 Å². The third kappa shape index (κ3) is 6.43. The summed E-state index contributed by atoms with van der Waals surface area (Å²) in [6.45, 7) is 2.43. The molecule has 2 aliphatic heterocycles. The second-order valence-corrected chi connectivity index (χ2v) is 10.5. The molecule has 3 atom stereocenters. The highest BCUT2D eigenvalue weighted by Gasteiger charge is 2.40. The van der Waals surface area contributed by atoms with Crippen LogP contribution in [0, 0.1) is 0 Å². The molecule has 13 heteroatoms. The fraction of sp³-hybridized carbons (Fsp3) is 0.276. The first-order valence-corrected chi connectivity index (χ1v) is 14.0. The highest BCUT2D eigenvalue weighted by molar-refractivity contribution is 6.58. The van der Waals surface area contributed by atoms with Crippen LogP contribution in [0.1, 0.15) is 34.8 Å². The van der Waals surface area contributed by atoms with Gasteiger partial charge in [0.1, 0.15) is 11.9 Å². The molecule has 2 aliphatic rings. The molecule has 0 aliphatic carbocycles. The Morgan fingerprint density at radius 2 is 1.81 bits per heavy atom. The van der Waals surface area contributed by atoms with Crippen molar-refractivity contribution < 1.29 is 24.4 Å². The van der Waals surface area contributed by atoms with Gasteiger partial charge in [-0.15, -0.1) is 0 Å². The number of carbonyl (C=O) groups is 2. The number of hydrogen-bond donors (Lipinski definition) is 6. The molecule has 6 N–H and O–H groups in total. The fourth-order valence-corrected chi connectivity index (χ4v) is 5.29. The van der Waals surface area contributed by atoms with Crippen LogP contribution in [0.2, 0.25) is 5.02 Å². The molecular formula is C29H32BClN6O5. The molecule has 3 unspecified atom stereocenters. The fourth-order valence-electron chi connectivity index (χ4n) is 5.17. The summed E-state index contributed by atoms with van der Waals surface area (Å²) in [4.78, 5) is 32.9. The number of methoxy groups -OCH3 is 1. The number of aliphatic imine (C=N–C) groups is 1. The van der Waals surface area contributed by atoms with Crippen molar-refractivity contribution in [2.45, 2.75) is 31.7 Å². The van der Waals surface area contributed by atoms with Gasteiger partial charge in [-0.1, -0.05) is 35.9 Å². The highest BCUT2D eigenvalue weighted by atomic mass is 35.5. The monoisotopic (exact) mass is 590 g/mol. The number of anilines is 1. The minimum Gasteiger partial charge on any atom is -0.497 e. The summed E-state index contributed by atoms with van der Waals surface area (Å²) in [5.41, 5.74) is 10.5. The Morgan fingerprint density at radius 1 is 1.05 bits per heavy atom. The van der Waals surface area contributed by atoms with E-state index in [4.69, 9.17) is 21.3 Å². The maximum Gasteiger partial charge on any atom is 0.488 e. The van der Waals surface area contributed by atoms with Crippen molar-refractivity contribution in [2.24, 2.45) is 4.99 Å². The van der Waals surface area contributed by atoms with Gasteiger partial charge in [-0.25, -0.2) is 10.9 Å². The Morgan fingerprint density at radius 3 is 2.55 bits per heavy atom. The van der Waals surface area contributed by atoms with Crippen molar-refractivity contribution in [3.05, 3.63) is 88.4 Å². The van der Waals surface area contributed by atoms with Gasteiger partial charge in [0.15, 0.2) is 0 Å². The largest absolute Gasteiger partial charge is 0.497 e. The van der Waals surface area contributed by atoms with Crippen LogP contribution in [0.15, 0.2) is 71.7 Å². The summed E-state index contributed by atoms with van der Waals surface area (Å²) in [5.74, 6) is 0.0905. The molecule has 3 aromatic rings. The predicted octanol–water partition coefficient (Wildman–Crippen LogP) is 0.771. The van der Waals surface area contributed by atoms with Gasteiger partial charge in [-0.05, 0) is 54.9 Å². The maximum atomic E-state index is 13.1. The van der Waals surface area contributed by atoms with E-state index in [1.54, 1.807) is 19.2 Å². The van der Waals surface area contributed by atoms with E-state index in [0.717, 1.165) is 22.5 Å². The van der Waals surface area contributed by atoms with E-state index in [0.29, 0.717) is 16.3 Å². The number of ether oxygens (including phenoxy) is 1. The third-order valence-corrected chi connectivity index (χ3v) is 7.50. The zero-order valence-electron chi connectivity index (χ0n) is 23.2. The summed E-state index contributed by atoms with van der Waals surface area (Å²) < 4.78 is 5.53. The lowest BCUT2D eigenvalue weighted by atomic mass is 9.79. The summed E-state index contributed by atoms with van der Waals surface area (Å²) >= 11 is 6.17. The number of carbonyl (C=O) groups excluding carboxylic acids is 2. The SMILES string of the molecule is COc1ccc2c(c1)C(c1ccc(Cl)cc1)=NC(CC(=O)NCCNC(=O)c1cccc(B(O)O)c1)C1NNC(C)N21. The first-order chi connectivity index (χ1) is 20.2. The van der Waals surface area contributed by atoms with Gasteiger partial charge in [0.2, 0.25) is 5.91 Å². The molecule has 3 aromatic carbocycles. The zero-order chi connectivity index (χ0) is 29.8. The second kappa shape index (κ2) is 12.9. The summed E-state index contributed by atoms with van der Waals surface area (Å²) in [6.07, 6.45) is -0.292. The van der Waals surface area contributed by atoms with E-state index >= 15 is 0 Å². The molecule has 0 bridgehead atoms. The molecule has 1 fully saturated rings. The van der Waals surface area contributed by atoms with Crippen LogP contribution >= 0.6 is 11.6 Å². The van der Waals surface area contributed by atoms with E-state index in [-0.39, 0.29) is 49.1 Å². The molecule has 11 nitrogen and oxygen atoms in total. The molecule has 0 spiro atoms. The average molecular weight is 591 g/mol. The zero-order valence-corrected chi connectivity index (χ0v) is 23.9. The number of nitrogens with one attached hydrogen (secondary N) is 4. The molecule has 218 valence electrons. The Balaban J connectivity index is 1.32. The van der Waals surface area contributed by atoms with Gasteiger partial charge in [-0.2, -0.15) is 0 Å².